The van der Waals surface area contributed by atoms with Gasteiger partial charge in [0, 0.05) is 0 Å². The highest BCUT2D eigenvalue weighted by molar-refractivity contribution is 5.67. The molecule has 0 aliphatic rings. The fourth-order valence-corrected chi connectivity index (χ4v) is 2.01. The number of nitriles is 1. The molecular formula is C16H17N3O2. The van der Waals surface area contributed by atoms with Gasteiger partial charge in [0.25, 0.3) is 0 Å². The van der Waals surface area contributed by atoms with Gasteiger partial charge in [-0.25, -0.2) is 0 Å². The Balaban J connectivity index is 2.30. The third-order valence-electron chi connectivity index (χ3n) is 3.13. The third kappa shape index (κ3) is 3.18. The van der Waals surface area contributed by atoms with Crippen molar-refractivity contribution in [2.45, 2.75) is 6.04 Å². The highest BCUT2D eigenvalue weighted by Crippen LogP contribution is 2.31. The Morgan fingerprint density at radius 3 is 2.43 bits per heavy atom. The number of para-hydroxylation sites is 2. The van der Waals surface area contributed by atoms with E-state index in [4.69, 9.17) is 15.2 Å². The van der Waals surface area contributed by atoms with E-state index in [2.05, 4.69) is 11.4 Å². The molecule has 0 fully saturated rings. The van der Waals surface area contributed by atoms with E-state index >= 15 is 0 Å². The molecule has 108 valence electrons. The third-order valence-corrected chi connectivity index (χ3v) is 3.13. The number of nitrogens with zero attached hydrogens (tertiary/aromatic N) is 1. The molecule has 0 amide bonds. The largest absolute Gasteiger partial charge is 0.493 e. The Kier molecular flexibility index (Phi) is 4.52. The molecule has 1 atom stereocenters. The van der Waals surface area contributed by atoms with Crippen LogP contribution >= 0.6 is 0 Å². The van der Waals surface area contributed by atoms with Crippen LogP contribution in [-0.4, -0.2) is 14.2 Å². The van der Waals surface area contributed by atoms with Gasteiger partial charge in [-0.15, -0.1) is 0 Å². The van der Waals surface area contributed by atoms with Crippen molar-refractivity contribution in [3.63, 3.8) is 0 Å². The molecule has 5 nitrogen and oxygen atoms in total. The number of methoxy groups -OCH3 is 2. The summed E-state index contributed by atoms with van der Waals surface area (Å²) in [5.41, 5.74) is 7.98. The summed E-state index contributed by atoms with van der Waals surface area (Å²) in [6.45, 7) is 0. The number of nitrogen functional groups attached to an aromatic ring is 1. The summed E-state index contributed by atoms with van der Waals surface area (Å²) in [6.07, 6.45) is 0. The maximum atomic E-state index is 9.40. The van der Waals surface area contributed by atoms with Crippen molar-refractivity contribution >= 4 is 11.4 Å². The van der Waals surface area contributed by atoms with Gasteiger partial charge in [-0.1, -0.05) is 18.2 Å². The molecule has 2 rings (SSSR count). The minimum absolute atomic E-state index is 0.533. The second kappa shape index (κ2) is 6.53. The molecule has 2 aromatic carbocycles. The highest BCUT2D eigenvalue weighted by atomic mass is 16.5. The Morgan fingerprint density at radius 1 is 1.10 bits per heavy atom. The predicted octanol–water partition coefficient (Wildman–Crippen LogP) is 2.96. The molecule has 1 unspecified atom stereocenters. The summed E-state index contributed by atoms with van der Waals surface area (Å²) in [5, 5.41) is 12.5. The Morgan fingerprint density at radius 2 is 1.81 bits per heavy atom. The summed E-state index contributed by atoms with van der Waals surface area (Å²) >= 11 is 0. The van der Waals surface area contributed by atoms with Crippen molar-refractivity contribution in [1.82, 2.24) is 0 Å². The lowest BCUT2D eigenvalue weighted by Gasteiger charge is -2.16. The molecule has 0 aliphatic heterocycles. The number of rotatable bonds is 5. The van der Waals surface area contributed by atoms with Gasteiger partial charge in [-0.3, -0.25) is 0 Å². The van der Waals surface area contributed by atoms with E-state index in [1.54, 1.807) is 32.4 Å². The smallest absolute Gasteiger partial charge is 0.161 e. The average Bonchev–Trinajstić information content (AvgIpc) is 2.53. The standard InChI is InChI=1S/C16H17N3O2/c1-20-15-8-7-11(9-16(15)21-2)14(10-17)19-13-6-4-3-5-12(13)18/h3-9,14,19H,18H2,1-2H3. The van der Waals surface area contributed by atoms with Gasteiger partial charge in [0.2, 0.25) is 0 Å². The van der Waals surface area contributed by atoms with Gasteiger partial charge in [0.1, 0.15) is 6.04 Å². The van der Waals surface area contributed by atoms with E-state index in [9.17, 15) is 5.26 Å². The van der Waals surface area contributed by atoms with Crippen molar-refractivity contribution in [2.75, 3.05) is 25.3 Å². The molecule has 0 aromatic heterocycles. The van der Waals surface area contributed by atoms with E-state index < -0.39 is 6.04 Å². The number of nitrogens with two attached hydrogens (primary N) is 1. The highest BCUT2D eigenvalue weighted by Gasteiger charge is 2.14. The topological polar surface area (TPSA) is 80.3 Å². The normalized spacial score (nSPS) is 11.3. The number of benzene rings is 2. The number of anilines is 2. The number of hydrogen-bond acceptors (Lipinski definition) is 5. The summed E-state index contributed by atoms with van der Waals surface area (Å²) in [7, 11) is 3.13. The van der Waals surface area contributed by atoms with Crippen LogP contribution < -0.4 is 20.5 Å². The molecular weight excluding hydrogens is 266 g/mol. The van der Waals surface area contributed by atoms with Gasteiger partial charge in [-0.2, -0.15) is 5.26 Å². The molecule has 0 radical (unpaired) electrons. The van der Waals surface area contributed by atoms with E-state index in [1.807, 2.05) is 24.3 Å². The van der Waals surface area contributed by atoms with Crippen LogP contribution in [0.15, 0.2) is 42.5 Å². The van der Waals surface area contributed by atoms with Crippen LogP contribution in [0.2, 0.25) is 0 Å². The van der Waals surface area contributed by atoms with Gasteiger partial charge in [-0.05, 0) is 29.8 Å². The molecule has 0 heterocycles. The molecule has 0 bridgehead atoms. The molecule has 0 spiro atoms. The zero-order valence-electron chi connectivity index (χ0n) is 12.0. The molecule has 0 saturated heterocycles. The second-order valence-electron chi connectivity index (χ2n) is 4.41. The van der Waals surface area contributed by atoms with Crippen LogP contribution in [0.5, 0.6) is 11.5 Å². The lowest BCUT2D eigenvalue weighted by atomic mass is 10.1. The first-order chi connectivity index (χ1) is 10.2. The average molecular weight is 283 g/mol. The van der Waals surface area contributed by atoms with Crippen molar-refractivity contribution in [1.29, 1.82) is 5.26 Å². The first kappa shape index (κ1) is 14.5. The SMILES string of the molecule is COc1ccc(C(C#N)Nc2ccccc2N)cc1OC. The summed E-state index contributed by atoms with van der Waals surface area (Å²) in [6, 6.07) is 14.4. The zero-order chi connectivity index (χ0) is 15.2. The van der Waals surface area contributed by atoms with Gasteiger partial charge >= 0.3 is 0 Å². The monoisotopic (exact) mass is 283 g/mol. The summed E-state index contributed by atoms with van der Waals surface area (Å²) in [4.78, 5) is 0. The summed E-state index contributed by atoms with van der Waals surface area (Å²) in [5.74, 6) is 1.20. The van der Waals surface area contributed by atoms with Crippen molar-refractivity contribution < 1.29 is 9.47 Å². The Bertz CT molecular complexity index is 665. The number of nitrogens with one attached hydrogen (secondary N) is 1. The van der Waals surface area contributed by atoms with Crippen LogP contribution in [-0.2, 0) is 0 Å². The molecule has 21 heavy (non-hydrogen) atoms. The van der Waals surface area contributed by atoms with Crippen molar-refractivity contribution in [3.05, 3.63) is 48.0 Å². The van der Waals surface area contributed by atoms with Crippen LogP contribution in [0, 0.1) is 11.3 Å². The Labute approximate surface area is 123 Å². The summed E-state index contributed by atoms with van der Waals surface area (Å²) < 4.78 is 10.5. The van der Waals surface area contributed by atoms with Crippen LogP contribution in [0.1, 0.15) is 11.6 Å². The van der Waals surface area contributed by atoms with Gasteiger partial charge in [0.05, 0.1) is 31.7 Å². The lowest BCUT2D eigenvalue weighted by Crippen LogP contribution is -2.10. The van der Waals surface area contributed by atoms with Crippen LogP contribution in [0.4, 0.5) is 11.4 Å². The molecule has 3 N–H and O–H groups in total. The minimum Gasteiger partial charge on any atom is -0.493 e. The lowest BCUT2D eigenvalue weighted by molar-refractivity contribution is 0.354. The number of ether oxygens (including phenoxy) is 2. The number of hydrogen-bond donors (Lipinski definition) is 2. The van der Waals surface area contributed by atoms with Crippen LogP contribution in [0.3, 0.4) is 0 Å². The first-order valence-electron chi connectivity index (χ1n) is 6.42. The maximum Gasteiger partial charge on any atom is 0.161 e. The fourth-order valence-electron chi connectivity index (χ4n) is 2.01. The van der Waals surface area contributed by atoms with Gasteiger partial charge < -0.3 is 20.5 Å². The van der Waals surface area contributed by atoms with Crippen molar-refractivity contribution in [3.8, 4) is 17.6 Å². The van der Waals surface area contributed by atoms with E-state index in [-0.39, 0.29) is 0 Å². The molecule has 0 saturated carbocycles. The predicted molar refractivity (Wildman–Crippen MR) is 82.4 cm³/mol. The van der Waals surface area contributed by atoms with Crippen LogP contribution in [0.25, 0.3) is 0 Å². The van der Waals surface area contributed by atoms with Crippen molar-refractivity contribution in [2.24, 2.45) is 0 Å². The Hall–Kier alpha value is -2.87. The second-order valence-corrected chi connectivity index (χ2v) is 4.41. The van der Waals surface area contributed by atoms with Gasteiger partial charge in [0.15, 0.2) is 11.5 Å². The van der Waals surface area contributed by atoms with E-state index in [0.29, 0.717) is 17.2 Å². The zero-order valence-corrected chi connectivity index (χ0v) is 12.0. The molecule has 2 aromatic rings. The minimum atomic E-state index is -0.533. The maximum absolute atomic E-state index is 9.40. The van der Waals surface area contributed by atoms with E-state index in [0.717, 1.165) is 11.3 Å². The first-order valence-corrected chi connectivity index (χ1v) is 6.42. The fraction of sp³-hybridized carbons (Fsp3) is 0.188. The molecule has 0 aliphatic carbocycles. The van der Waals surface area contributed by atoms with E-state index in [1.165, 1.54) is 0 Å². The quantitative estimate of drug-likeness (QED) is 0.825. The molecule has 5 heteroatoms.